The van der Waals surface area contributed by atoms with Gasteiger partial charge in [-0.3, -0.25) is 9.78 Å². The maximum Gasteiger partial charge on any atom is 0.338 e. The van der Waals surface area contributed by atoms with Crippen LogP contribution in [-0.2, 0) is 11.3 Å². The molecule has 0 saturated heterocycles. The molecular formula is C20H19N5O3. The Kier molecular flexibility index (Phi) is 6.25. The summed E-state index contributed by atoms with van der Waals surface area (Å²) in [5.74, 6) is -0.204. The number of hydrogen-bond acceptors (Lipinski definition) is 7. The van der Waals surface area contributed by atoms with Crippen LogP contribution in [0.1, 0.15) is 33.3 Å². The number of pyridine rings is 1. The van der Waals surface area contributed by atoms with Gasteiger partial charge in [0.05, 0.1) is 12.2 Å². The molecule has 2 heterocycles. The summed E-state index contributed by atoms with van der Waals surface area (Å²) in [5.41, 5.74) is 2.32. The third-order valence-corrected chi connectivity index (χ3v) is 3.74. The monoisotopic (exact) mass is 377 g/mol. The highest BCUT2D eigenvalue weighted by Crippen LogP contribution is 2.15. The van der Waals surface area contributed by atoms with Crippen molar-refractivity contribution in [3.05, 3.63) is 77.7 Å². The zero-order valence-corrected chi connectivity index (χ0v) is 15.3. The quantitative estimate of drug-likeness (QED) is 0.610. The minimum Gasteiger partial charge on any atom is -0.462 e. The Morgan fingerprint density at radius 2 is 1.86 bits per heavy atom. The number of nitrogens with one attached hydrogen (secondary N) is 2. The molecule has 8 nitrogen and oxygen atoms in total. The fourth-order valence-corrected chi connectivity index (χ4v) is 2.35. The molecule has 0 spiro atoms. The molecule has 3 rings (SSSR count). The van der Waals surface area contributed by atoms with Crippen molar-refractivity contribution in [2.45, 2.75) is 13.5 Å². The van der Waals surface area contributed by atoms with Crippen LogP contribution < -0.4 is 10.6 Å². The molecule has 1 aromatic carbocycles. The molecule has 8 heteroatoms. The highest BCUT2D eigenvalue weighted by atomic mass is 16.5. The van der Waals surface area contributed by atoms with E-state index in [2.05, 4.69) is 25.8 Å². The highest BCUT2D eigenvalue weighted by molar-refractivity contribution is 5.92. The lowest BCUT2D eigenvalue weighted by atomic mass is 10.2. The summed E-state index contributed by atoms with van der Waals surface area (Å²) in [4.78, 5) is 27.8. The van der Waals surface area contributed by atoms with Gasteiger partial charge in [-0.15, -0.1) is 10.2 Å². The average molecular weight is 377 g/mol. The number of aromatic nitrogens is 3. The minimum atomic E-state index is -0.365. The van der Waals surface area contributed by atoms with Crippen LogP contribution in [0.4, 0.5) is 11.5 Å². The van der Waals surface area contributed by atoms with Gasteiger partial charge in [-0.25, -0.2) is 4.79 Å². The second-order valence-corrected chi connectivity index (χ2v) is 5.77. The number of hydrogen-bond donors (Lipinski definition) is 2. The van der Waals surface area contributed by atoms with Gasteiger partial charge in [0.2, 0.25) is 0 Å². The SMILES string of the molecule is CCOC(=O)c1ccc(Nc2ccc(C(=O)NCc3cccnc3)nn2)cc1. The summed E-state index contributed by atoms with van der Waals surface area (Å²) in [5, 5.41) is 13.8. The van der Waals surface area contributed by atoms with Gasteiger partial charge in [-0.05, 0) is 55.0 Å². The lowest BCUT2D eigenvalue weighted by Crippen LogP contribution is -2.24. The molecule has 3 aromatic rings. The van der Waals surface area contributed by atoms with Crippen molar-refractivity contribution < 1.29 is 14.3 Å². The van der Waals surface area contributed by atoms with E-state index in [0.29, 0.717) is 24.5 Å². The van der Waals surface area contributed by atoms with Crippen LogP contribution in [0.2, 0.25) is 0 Å². The van der Waals surface area contributed by atoms with Crippen molar-refractivity contribution in [1.82, 2.24) is 20.5 Å². The van der Waals surface area contributed by atoms with E-state index < -0.39 is 0 Å². The molecular weight excluding hydrogens is 358 g/mol. The first-order chi connectivity index (χ1) is 13.7. The zero-order valence-electron chi connectivity index (χ0n) is 15.3. The van der Waals surface area contributed by atoms with Gasteiger partial charge < -0.3 is 15.4 Å². The Hall–Kier alpha value is -3.81. The van der Waals surface area contributed by atoms with E-state index >= 15 is 0 Å². The maximum absolute atomic E-state index is 12.1. The third kappa shape index (κ3) is 5.10. The van der Waals surface area contributed by atoms with E-state index in [1.807, 2.05) is 6.07 Å². The molecule has 0 saturated carbocycles. The zero-order chi connectivity index (χ0) is 19.8. The van der Waals surface area contributed by atoms with E-state index in [0.717, 1.165) is 11.3 Å². The van der Waals surface area contributed by atoms with Crippen molar-refractivity contribution in [2.75, 3.05) is 11.9 Å². The number of nitrogens with zero attached hydrogens (tertiary/aromatic N) is 3. The van der Waals surface area contributed by atoms with Crippen molar-refractivity contribution in [3.8, 4) is 0 Å². The molecule has 0 atom stereocenters. The summed E-state index contributed by atoms with van der Waals surface area (Å²) in [6.07, 6.45) is 3.36. The second kappa shape index (κ2) is 9.22. The Morgan fingerprint density at radius 3 is 2.50 bits per heavy atom. The predicted molar refractivity (Wildman–Crippen MR) is 103 cm³/mol. The van der Waals surface area contributed by atoms with Crippen LogP contribution in [0.5, 0.6) is 0 Å². The molecule has 0 radical (unpaired) electrons. The summed E-state index contributed by atoms with van der Waals surface area (Å²) < 4.78 is 4.95. The van der Waals surface area contributed by atoms with Gasteiger partial charge >= 0.3 is 5.97 Å². The molecule has 0 fully saturated rings. The molecule has 1 amide bonds. The van der Waals surface area contributed by atoms with Crippen LogP contribution in [0.3, 0.4) is 0 Å². The third-order valence-electron chi connectivity index (χ3n) is 3.74. The number of esters is 1. The van der Waals surface area contributed by atoms with Crippen LogP contribution >= 0.6 is 0 Å². The van der Waals surface area contributed by atoms with E-state index in [-0.39, 0.29) is 17.6 Å². The van der Waals surface area contributed by atoms with Crippen LogP contribution in [-0.4, -0.2) is 33.7 Å². The summed E-state index contributed by atoms with van der Waals surface area (Å²) in [6.45, 7) is 2.45. The van der Waals surface area contributed by atoms with Gasteiger partial charge in [0.25, 0.3) is 5.91 Å². The molecule has 0 aliphatic heterocycles. The van der Waals surface area contributed by atoms with Gasteiger partial charge in [0.1, 0.15) is 0 Å². The Balaban J connectivity index is 1.56. The van der Waals surface area contributed by atoms with Gasteiger partial charge in [-0.1, -0.05) is 6.07 Å². The largest absolute Gasteiger partial charge is 0.462 e. The van der Waals surface area contributed by atoms with Gasteiger partial charge in [-0.2, -0.15) is 0 Å². The van der Waals surface area contributed by atoms with Crippen LogP contribution in [0.15, 0.2) is 60.9 Å². The lowest BCUT2D eigenvalue weighted by molar-refractivity contribution is 0.0526. The first-order valence-electron chi connectivity index (χ1n) is 8.70. The molecule has 142 valence electrons. The fourth-order valence-electron chi connectivity index (χ4n) is 2.35. The Morgan fingerprint density at radius 1 is 1.04 bits per heavy atom. The van der Waals surface area contributed by atoms with Gasteiger partial charge in [0, 0.05) is 24.6 Å². The molecule has 2 N–H and O–H groups in total. The number of anilines is 2. The second-order valence-electron chi connectivity index (χ2n) is 5.77. The average Bonchev–Trinajstić information content (AvgIpc) is 2.74. The van der Waals surface area contributed by atoms with Gasteiger partial charge in [0.15, 0.2) is 11.5 Å². The fraction of sp³-hybridized carbons (Fsp3) is 0.150. The number of benzene rings is 1. The topological polar surface area (TPSA) is 106 Å². The molecule has 0 aliphatic rings. The van der Waals surface area contributed by atoms with E-state index in [1.165, 1.54) is 0 Å². The first-order valence-corrected chi connectivity index (χ1v) is 8.70. The van der Waals surface area contributed by atoms with E-state index in [1.54, 1.807) is 61.8 Å². The van der Waals surface area contributed by atoms with Crippen LogP contribution in [0.25, 0.3) is 0 Å². The summed E-state index contributed by atoms with van der Waals surface area (Å²) in [7, 11) is 0. The number of ether oxygens (including phenoxy) is 1. The summed E-state index contributed by atoms with van der Waals surface area (Å²) >= 11 is 0. The number of rotatable bonds is 7. The molecule has 28 heavy (non-hydrogen) atoms. The number of carbonyl (C=O) groups is 2. The molecule has 0 unspecified atom stereocenters. The Bertz CT molecular complexity index is 928. The predicted octanol–water partition coefficient (Wildman–Crippen LogP) is 2.72. The first kappa shape index (κ1) is 19.0. The van der Waals surface area contributed by atoms with Crippen molar-refractivity contribution in [1.29, 1.82) is 0 Å². The van der Waals surface area contributed by atoms with Crippen molar-refractivity contribution in [3.63, 3.8) is 0 Å². The standard InChI is InChI=1S/C20H19N5O3/c1-2-28-20(27)15-5-7-16(8-6-15)23-18-10-9-17(24-25-18)19(26)22-13-14-4-3-11-21-12-14/h3-12H,2,13H2,1H3,(H,22,26)(H,23,25). The van der Waals surface area contributed by atoms with E-state index in [4.69, 9.17) is 4.74 Å². The van der Waals surface area contributed by atoms with Crippen molar-refractivity contribution >= 4 is 23.4 Å². The molecule has 0 aliphatic carbocycles. The van der Waals surface area contributed by atoms with E-state index in [9.17, 15) is 9.59 Å². The Labute approximate surface area is 162 Å². The minimum absolute atomic E-state index is 0.215. The highest BCUT2D eigenvalue weighted by Gasteiger charge is 2.09. The van der Waals surface area contributed by atoms with Crippen molar-refractivity contribution in [2.24, 2.45) is 0 Å². The number of carbonyl (C=O) groups excluding carboxylic acids is 2. The lowest BCUT2D eigenvalue weighted by Gasteiger charge is -2.07. The number of amides is 1. The maximum atomic E-state index is 12.1. The summed E-state index contributed by atoms with van der Waals surface area (Å²) in [6, 6.07) is 13.7. The smallest absolute Gasteiger partial charge is 0.338 e. The van der Waals surface area contributed by atoms with Crippen LogP contribution in [0, 0.1) is 0 Å². The normalized spacial score (nSPS) is 10.2. The molecule has 2 aromatic heterocycles. The molecule has 0 bridgehead atoms.